The van der Waals surface area contributed by atoms with Crippen LogP contribution in [0.5, 0.6) is 0 Å². The van der Waals surface area contributed by atoms with Crippen molar-refractivity contribution in [2.75, 3.05) is 16.8 Å². The van der Waals surface area contributed by atoms with Crippen molar-refractivity contribution in [3.63, 3.8) is 0 Å². The Hall–Kier alpha value is -1.51. The molecule has 3 nitrogen and oxygen atoms in total. The van der Waals surface area contributed by atoms with Crippen LogP contribution in [0.2, 0.25) is 0 Å². The molecule has 1 aromatic carbocycles. The maximum absolute atomic E-state index is 11.7. The van der Waals surface area contributed by atoms with Gasteiger partial charge in [-0.3, -0.25) is 4.79 Å². The highest BCUT2D eigenvalue weighted by Gasteiger charge is 2.25. The molecule has 0 saturated heterocycles. The molecule has 0 atom stereocenters. The van der Waals surface area contributed by atoms with E-state index in [1.165, 1.54) is 0 Å². The average Bonchev–Trinajstić information content (AvgIpc) is 2.17. The maximum Gasteiger partial charge on any atom is 0.246 e. The fraction of sp³-hybridized carbons (Fsp3) is 0.364. The van der Waals surface area contributed by atoms with Gasteiger partial charge in [0.15, 0.2) is 0 Å². The van der Waals surface area contributed by atoms with E-state index in [9.17, 15) is 4.79 Å². The summed E-state index contributed by atoms with van der Waals surface area (Å²) < 4.78 is 0. The van der Waals surface area contributed by atoms with Gasteiger partial charge in [-0.05, 0) is 26.0 Å². The van der Waals surface area contributed by atoms with Crippen LogP contribution in [-0.4, -0.2) is 18.5 Å². The molecule has 14 heavy (non-hydrogen) atoms. The molecule has 0 bridgehead atoms. The molecule has 0 unspecified atom stereocenters. The van der Waals surface area contributed by atoms with Gasteiger partial charge in [-0.1, -0.05) is 12.1 Å². The summed E-state index contributed by atoms with van der Waals surface area (Å²) in [6, 6.07) is 8.11. The molecule has 1 aromatic rings. The summed E-state index contributed by atoms with van der Waals surface area (Å²) in [5.74, 6) is 0.138. The first-order valence-corrected chi connectivity index (χ1v) is 4.85. The summed E-state index contributed by atoms with van der Waals surface area (Å²) >= 11 is 0. The molecule has 0 spiro atoms. The minimum absolute atomic E-state index is 0.138. The SMILES string of the molecule is CC(C)N1C(=O)CNc2ccccc21. The molecule has 1 amide bonds. The fourth-order valence-corrected chi connectivity index (χ4v) is 1.79. The number of carbonyl (C=O) groups excluding carboxylic acids is 1. The fourth-order valence-electron chi connectivity index (χ4n) is 1.79. The van der Waals surface area contributed by atoms with E-state index in [-0.39, 0.29) is 11.9 Å². The molecule has 0 fully saturated rings. The lowest BCUT2D eigenvalue weighted by Gasteiger charge is -2.33. The number of nitrogens with one attached hydrogen (secondary N) is 1. The summed E-state index contributed by atoms with van der Waals surface area (Å²) in [4.78, 5) is 13.5. The van der Waals surface area contributed by atoms with E-state index in [0.717, 1.165) is 11.4 Å². The summed E-state index contributed by atoms with van der Waals surface area (Å²) in [5, 5.41) is 3.11. The quantitative estimate of drug-likeness (QED) is 0.733. The maximum atomic E-state index is 11.7. The van der Waals surface area contributed by atoms with E-state index < -0.39 is 0 Å². The molecule has 1 heterocycles. The Morgan fingerprint density at radius 3 is 2.79 bits per heavy atom. The lowest BCUT2D eigenvalue weighted by molar-refractivity contribution is -0.117. The van der Waals surface area contributed by atoms with Gasteiger partial charge in [-0.25, -0.2) is 0 Å². The van der Waals surface area contributed by atoms with Gasteiger partial charge in [-0.2, -0.15) is 0 Å². The Labute approximate surface area is 83.7 Å². The molecule has 3 heteroatoms. The van der Waals surface area contributed by atoms with Crippen molar-refractivity contribution in [3.8, 4) is 0 Å². The largest absolute Gasteiger partial charge is 0.374 e. The lowest BCUT2D eigenvalue weighted by atomic mass is 10.1. The molecular formula is C11H14N2O. The number of amides is 1. The smallest absolute Gasteiger partial charge is 0.246 e. The third-order valence-electron chi connectivity index (χ3n) is 2.38. The molecule has 1 aliphatic rings. The number of hydrogen-bond donors (Lipinski definition) is 1. The Balaban J connectivity index is 2.46. The lowest BCUT2D eigenvalue weighted by Crippen LogP contribution is -2.44. The van der Waals surface area contributed by atoms with Crippen LogP contribution < -0.4 is 10.2 Å². The van der Waals surface area contributed by atoms with E-state index >= 15 is 0 Å². The van der Waals surface area contributed by atoms with Gasteiger partial charge in [0.1, 0.15) is 0 Å². The highest BCUT2D eigenvalue weighted by molar-refractivity contribution is 6.02. The van der Waals surface area contributed by atoms with Gasteiger partial charge in [0.25, 0.3) is 0 Å². The van der Waals surface area contributed by atoms with Crippen molar-refractivity contribution >= 4 is 17.3 Å². The first-order chi connectivity index (χ1) is 6.70. The Morgan fingerprint density at radius 1 is 1.36 bits per heavy atom. The zero-order chi connectivity index (χ0) is 10.1. The highest BCUT2D eigenvalue weighted by atomic mass is 16.2. The van der Waals surface area contributed by atoms with Crippen LogP contribution in [0.1, 0.15) is 13.8 Å². The van der Waals surface area contributed by atoms with Crippen LogP contribution in [-0.2, 0) is 4.79 Å². The molecule has 1 aliphatic heterocycles. The topological polar surface area (TPSA) is 32.3 Å². The predicted octanol–water partition coefficient (Wildman–Crippen LogP) is 1.85. The van der Waals surface area contributed by atoms with Gasteiger partial charge in [-0.15, -0.1) is 0 Å². The summed E-state index contributed by atoms with van der Waals surface area (Å²) in [7, 11) is 0. The standard InChI is InChI=1S/C11H14N2O/c1-8(2)13-10-6-4-3-5-9(10)12-7-11(13)14/h3-6,8,12H,7H2,1-2H3. The minimum Gasteiger partial charge on any atom is -0.374 e. The van der Waals surface area contributed by atoms with Crippen molar-refractivity contribution in [2.45, 2.75) is 19.9 Å². The zero-order valence-corrected chi connectivity index (χ0v) is 8.45. The van der Waals surface area contributed by atoms with Crippen LogP contribution in [0, 0.1) is 0 Å². The first kappa shape index (κ1) is 9.06. The number of fused-ring (bicyclic) bond motifs is 1. The van der Waals surface area contributed by atoms with E-state index in [0.29, 0.717) is 6.54 Å². The molecule has 1 N–H and O–H groups in total. The van der Waals surface area contributed by atoms with Crippen LogP contribution >= 0.6 is 0 Å². The highest BCUT2D eigenvalue weighted by Crippen LogP contribution is 2.30. The van der Waals surface area contributed by atoms with Crippen molar-refractivity contribution in [3.05, 3.63) is 24.3 Å². The molecule has 0 aromatic heterocycles. The molecule has 0 saturated carbocycles. The summed E-state index contributed by atoms with van der Waals surface area (Å²) in [6.07, 6.45) is 0. The Bertz CT molecular complexity index is 360. The van der Waals surface area contributed by atoms with Crippen molar-refractivity contribution in [2.24, 2.45) is 0 Å². The number of benzene rings is 1. The number of hydrogen-bond acceptors (Lipinski definition) is 2. The van der Waals surface area contributed by atoms with E-state index in [4.69, 9.17) is 0 Å². The third kappa shape index (κ3) is 1.35. The molecule has 0 aliphatic carbocycles. The van der Waals surface area contributed by atoms with Crippen molar-refractivity contribution in [1.82, 2.24) is 0 Å². The van der Waals surface area contributed by atoms with E-state index in [1.54, 1.807) is 0 Å². The number of carbonyl (C=O) groups is 1. The van der Waals surface area contributed by atoms with Crippen molar-refractivity contribution < 1.29 is 4.79 Å². The summed E-state index contributed by atoms with van der Waals surface area (Å²) in [6.45, 7) is 4.45. The molecule has 2 rings (SSSR count). The monoisotopic (exact) mass is 190 g/mol. The second-order valence-electron chi connectivity index (χ2n) is 3.73. The Morgan fingerprint density at radius 2 is 2.07 bits per heavy atom. The Kier molecular flexibility index (Phi) is 2.15. The predicted molar refractivity (Wildman–Crippen MR) is 57.6 cm³/mol. The van der Waals surface area contributed by atoms with Gasteiger partial charge in [0, 0.05) is 6.04 Å². The van der Waals surface area contributed by atoms with Gasteiger partial charge in [0.2, 0.25) is 5.91 Å². The second-order valence-corrected chi connectivity index (χ2v) is 3.73. The van der Waals surface area contributed by atoms with E-state index in [1.807, 2.05) is 43.0 Å². The van der Waals surface area contributed by atoms with Gasteiger partial charge >= 0.3 is 0 Å². The van der Waals surface area contributed by atoms with Crippen molar-refractivity contribution in [1.29, 1.82) is 0 Å². The van der Waals surface area contributed by atoms with E-state index in [2.05, 4.69) is 5.32 Å². The number of anilines is 2. The van der Waals surface area contributed by atoms with Crippen LogP contribution in [0.3, 0.4) is 0 Å². The normalized spacial score (nSPS) is 15.4. The summed E-state index contributed by atoms with van der Waals surface area (Å²) in [5.41, 5.74) is 2.03. The van der Waals surface area contributed by atoms with Crippen LogP contribution in [0.15, 0.2) is 24.3 Å². The van der Waals surface area contributed by atoms with Gasteiger partial charge < -0.3 is 10.2 Å². The second kappa shape index (κ2) is 3.33. The van der Waals surface area contributed by atoms with Crippen LogP contribution in [0.25, 0.3) is 0 Å². The molecular weight excluding hydrogens is 176 g/mol. The van der Waals surface area contributed by atoms with Gasteiger partial charge in [0.05, 0.1) is 17.9 Å². The number of nitrogens with zero attached hydrogens (tertiary/aromatic N) is 1. The number of rotatable bonds is 1. The molecule has 0 radical (unpaired) electrons. The first-order valence-electron chi connectivity index (χ1n) is 4.85. The molecule has 74 valence electrons. The van der Waals surface area contributed by atoms with Crippen LogP contribution in [0.4, 0.5) is 11.4 Å². The minimum atomic E-state index is 0.138. The average molecular weight is 190 g/mol. The third-order valence-corrected chi connectivity index (χ3v) is 2.38. The number of para-hydroxylation sites is 2. The zero-order valence-electron chi connectivity index (χ0n) is 8.45.